The third-order valence-corrected chi connectivity index (χ3v) is 6.25. The fraction of sp³-hybridized carbons (Fsp3) is 0.682. The summed E-state index contributed by atoms with van der Waals surface area (Å²) in [6.45, 7) is 8.98. The zero-order valence-corrected chi connectivity index (χ0v) is 16.8. The van der Waals surface area contributed by atoms with Crippen molar-refractivity contribution in [3.05, 3.63) is 29.3 Å². The van der Waals surface area contributed by atoms with Crippen LogP contribution >= 0.6 is 0 Å². The number of amides is 1. The molecule has 2 aliphatic rings. The molecule has 0 spiro atoms. The molecular weight excluding hydrogens is 340 g/mol. The molecule has 1 N–H and O–H groups in total. The summed E-state index contributed by atoms with van der Waals surface area (Å²) >= 11 is 0. The van der Waals surface area contributed by atoms with Crippen LogP contribution in [-0.2, 0) is 4.79 Å². The first-order valence-corrected chi connectivity index (χ1v) is 10.4. The van der Waals surface area contributed by atoms with E-state index in [1.54, 1.807) is 0 Å². The average Bonchev–Trinajstić information content (AvgIpc) is 2.67. The maximum absolute atomic E-state index is 12.3. The van der Waals surface area contributed by atoms with Crippen molar-refractivity contribution in [1.29, 1.82) is 0 Å². The van der Waals surface area contributed by atoms with Crippen LogP contribution in [0.3, 0.4) is 0 Å². The fourth-order valence-corrected chi connectivity index (χ4v) is 4.48. The molecule has 1 amide bonds. The molecule has 0 bridgehead atoms. The molecule has 0 radical (unpaired) electrons. The van der Waals surface area contributed by atoms with Gasteiger partial charge in [-0.1, -0.05) is 12.1 Å². The van der Waals surface area contributed by atoms with Gasteiger partial charge in [-0.25, -0.2) is 0 Å². The first-order chi connectivity index (χ1) is 13.1. The molecule has 5 heteroatoms. The molecular formula is C22H34N2O3. The van der Waals surface area contributed by atoms with E-state index in [1.165, 1.54) is 11.1 Å². The number of unbranched alkanes of at least 4 members (excludes halogenated alkanes) is 1. The van der Waals surface area contributed by atoms with Crippen LogP contribution < -0.4 is 4.74 Å². The highest BCUT2D eigenvalue weighted by Crippen LogP contribution is 2.31. The van der Waals surface area contributed by atoms with Crippen LogP contribution in [0.2, 0.25) is 0 Å². The van der Waals surface area contributed by atoms with Crippen molar-refractivity contribution in [2.45, 2.75) is 52.0 Å². The topological polar surface area (TPSA) is 53.0 Å². The molecule has 3 rings (SSSR count). The van der Waals surface area contributed by atoms with Gasteiger partial charge < -0.3 is 14.7 Å². The van der Waals surface area contributed by atoms with Crippen LogP contribution in [-0.4, -0.2) is 66.2 Å². The second kappa shape index (κ2) is 9.56. The SMILES string of the molecule is Cc1cccc(OCCN2CC[C@@H]3[C@@H](CCC(=O)N3CCCCO)C2)c1C. The lowest BCUT2D eigenvalue weighted by atomic mass is 9.83. The van der Waals surface area contributed by atoms with Gasteiger partial charge in [-0.15, -0.1) is 0 Å². The van der Waals surface area contributed by atoms with Crippen LogP contribution in [0.5, 0.6) is 5.75 Å². The molecule has 0 aromatic heterocycles. The molecule has 2 fully saturated rings. The summed E-state index contributed by atoms with van der Waals surface area (Å²) in [6.07, 6.45) is 4.42. The summed E-state index contributed by atoms with van der Waals surface area (Å²) in [5, 5.41) is 9.00. The number of rotatable bonds is 8. The number of aliphatic hydroxyl groups is 1. The molecule has 5 nitrogen and oxygen atoms in total. The smallest absolute Gasteiger partial charge is 0.222 e. The largest absolute Gasteiger partial charge is 0.492 e. The van der Waals surface area contributed by atoms with Crippen molar-refractivity contribution in [1.82, 2.24) is 9.80 Å². The second-order valence-corrected chi connectivity index (χ2v) is 8.02. The van der Waals surface area contributed by atoms with E-state index in [0.29, 0.717) is 30.9 Å². The summed E-state index contributed by atoms with van der Waals surface area (Å²) in [4.78, 5) is 16.9. The zero-order chi connectivity index (χ0) is 19.2. The number of carbonyl (C=O) groups is 1. The number of piperidine rings is 2. The van der Waals surface area contributed by atoms with Crippen LogP contribution in [0.4, 0.5) is 0 Å². The molecule has 1 aromatic rings. The standard InChI is InChI=1S/C22H34N2O3/c1-17-6-5-7-21(18(17)2)27-15-13-23-12-10-20-19(16-23)8-9-22(26)24(20)11-3-4-14-25/h5-7,19-20,25H,3-4,8-16H2,1-2H3/t19-,20+/m0/s1. The molecule has 2 atom stereocenters. The Morgan fingerprint density at radius 1 is 1.19 bits per heavy atom. The maximum atomic E-state index is 12.3. The molecule has 27 heavy (non-hydrogen) atoms. The van der Waals surface area contributed by atoms with Crippen molar-refractivity contribution in [2.24, 2.45) is 5.92 Å². The van der Waals surface area contributed by atoms with Gasteiger partial charge in [-0.2, -0.15) is 0 Å². The number of likely N-dealkylation sites (tertiary alicyclic amines) is 2. The van der Waals surface area contributed by atoms with E-state index in [4.69, 9.17) is 9.84 Å². The van der Waals surface area contributed by atoms with E-state index in [1.807, 2.05) is 12.1 Å². The lowest BCUT2D eigenvalue weighted by molar-refractivity contribution is -0.141. The Morgan fingerprint density at radius 2 is 2.04 bits per heavy atom. The number of benzene rings is 1. The van der Waals surface area contributed by atoms with Crippen molar-refractivity contribution in [2.75, 3.05) is 39.4 Å². The summed E-state index contributed by atoms with van der Waals surface area (Å²) in [7, 11) is 0. The van der Waals surface area contributed by atoms with Gasteiger partial charge in [0.1, 0.15) is 12.4 Å². The Labute approximate surface area is 163 Å². The number of hydrogen-bond donors (Lipinski definition) is 1. The van der Waals surface area contributed by atoms with Gasteiger partial charge in [0.2, 0.25) is 5.91 Å². The number of aliphatic hydroxyl groups excluding tert-OH is 1. The number of hydrogen-bond acceptors (Lipinski definition) is 4. The number of nitrogens with zero attached hydrogens (tertiary/aromatic N) is 2. The quantitative estimate of drug-likeness (QED) is 0.711. The molecule has 1 aromatic carbocycles. The van der Waals surface area contributed by atoms with Crippen LogP contribution in [0.1, 0.15) is 43.2 Å². The Balaban J connectivity index is 1.48. The Morgan fingerprint density at radius 3 is 2.85 bits per heavy atom. The van der Waals surface area contributed by atoms with E-state index in [2.05, 4.69) is 29.7 Å². The summed E-state index contributed by atoms with van der Waals surface area (Å²) in [5.41, 5.74) is 2.49. The number of carbonyl (C=O) groups excluding carboxylic acids is 1. The predicted molar refractivity (Wildman–Crippen MR) is 107 cm³/mol. The Hall–Kier alpha value is -1.59. The van der Waals surface area contributed by atoms with Crippen molar-refractivity contribution < 1.29 is 14.6 Å². The molecule has 0 saturated carbocycles. The van der Waals surface area contributed by atoms with E-state index in [0.717, 1.165) is 57.6 Å². The number of ether oxygens (including phenoxy) is 1. The van der Waals surface area contributed by atoms with Crippen LogP contribution in [0.15, 0.2) is 18.2 Å². The van der Waals surface area contributed by atoms with Crippen molar-refractivity contribution >= 4 is 5.91 Å². The molecule has 2 aliphatic heterocycles. The van der Waals surface area contributed by atoms with Gasteiger partial charge in [-0.05, 0) is 62.6 Å². The van der Waals surface area contributed by atoms with Gasteiger partial charge >= 0.3 is 0 Å². The summed E-state index contributed by atoms with van der Waals surface area (Å²) < 4.78 is 6.03. The minimum atomic E-state index is 0.213. The highest BCUT2D eigenvalue weighted by atomic mass is 16.5. The third-order valence-electron chi connectivity index (χ3n) is 6.25. The monoisotopic (exact) mass is 374 g/mol. The zero-order valence-electron chi connectivity index (χ0n) is 16.8. The lowest BCUT2D eigenvalue weighted by Crippen LogP contribution is -2.56. The Kier molecular flexibility index (Phi) is 7.13. The minimum Gasteiger partial charge on any atom is -0.492 e. The van der Waals surface area contributed by atoms with Gasteiger partial charge in [-0.3, -0.25) is 9.69 Å². The van der Waals surface area contributed by atoms with Gasteiger partial charge in [0.15, 0.2) is 0 Å². The van der Waals surface area contributed by atoms with Gasteiger partial charge in [0, 0.05) is 45.2 Å². The van der Waals surface area contributed by atoms with Gasteiger partial charge in [0.05, 0.1) is 0 Å². The minimum absolute atomic E-state index is 0.213. The molecule has 0 unspecified atom stereocenters. The molecule has 150 valence electrons. The van der Waals surface area contributed by atoms with E-state index < -0.39 is 0 Å². The fourth-order valence-electron chi connectivity index (χ4n) is 4.48. The van der Waals surface area contributed by atoms with Crippen LogP contribution in [0, 0.1) is 19.8 Å². The molecule has 0 aliphatic carbocycles. The number of aryl methyl sites for hydroxylation is 1. The van der Waals surface area contributed by atoms with E-state index in [-0.39, 0.29) is 6.61 Å². The van der Waals surface area contributed by atoms with Gasteiger partial charge in [0.25, 0.3) is 0 Å². The summed E-state index contributed by atoms with van der Waals surface area (Å²) in [6, 6.07) is 6.60. The molecule has 2 saturated heterocycles. The lowest BCUT2D eigenvalue weighted by Gasteiger charge is -2.47. The first-order valence-electron chi connectivity index (χ1n) is 10.4. The van der Waals surface area contributed by atoms with Crippen molar-refractivity contribution in [3.63, 3.8) is 0 Å². The van der Waals surface area contributed by atoms with Crippen LogP contribution in [0.25, 0.3) is 0 Å². The normalized spacial score (nSPS) is 23.4. The predicted octanol–water partition coefficient (Wildman–Crippen LogP) is 2.77. The Bertz CT molecular complexity index is 634. The van der Waals surface area contributed by atoms with E-state index in [9.17, 15) is 4.79 Å². The highest BCUT2D eigenvalue weighted by molar-refractivity contribution is 5.77. The third kappa shape index (κ3) is 5.02. The molecule has 2 heterocycles. The van der Waals surface area contributed by atoms with Crippen molar-refractivity contribution in [3.8, 4) is 5.75 Å². The highest BCUT2D eigenvalue weighted by Gasteiger charge is 2.38. The van der Waals surface area contributed by atoms with E-state index >= 15 is 0 Å². The first kappa shape index (κ1) is 20.2. The second-order valence-electron chi connectivity index (χ2n) is 8.02. The maximum Gasteiger partial charge on any atom is 0.222 e. The summed E-state index contributed by atoms with van der Waals surface area (Å²) in [5.74, 6) is 1.87. The average molecular weight is 375 g/mol. The number of fused-ring (bicyclic) bond motifs is 1.